The summed E-state index contributed by atoms with van der Waals surface area (Å²) in [5.41, 5.74) is 1.41. The standard InChI is InChI=1S/C20H22ClN5O2S/c1-13(2)11-28-15-8-6-14(7-9-15)19-24-25-20(26(19)3)29-12-17(27)23-16-5-4-10-22-18(16)21/h4-10,13H,11-12H2,1-3H3,(H,23,27). The van der Waals surface area contributed by atoms with Gasteiger partial charge in [0.2, 0.25) is 5.91 Å². The zero-order valence-corrected chi connectivity index (χ0v) is 18.0. The Bertz CT molecular complexity index is 975. The second-order valence-corrected chi connectivity index (χ2v) is 8.07. The molecule has 1 amide bonds. The first-order valence-corrected chi connectivity index (χ1v) is 10.5. The van der Waals surface area contributed by atoms with Crippen LogP contribution in [0.5, 0.6) is 5.75 Å². The van der Waals surface area contributed by atoms with Crippen LogP contribution in [0.2, 0.25) is 5.15 Å². The fraction of sp³-hybridized carbons (Fsp3) is 0.300. The van der Waals surface area contributed by atoms with Crippen LogP contribution in [0.4, 0.5) is 5.69 Å². The number of nitrogens with zero attached hydrogens (tertiary/aromatic N) is 4. The average Bonchev–Trinajstić information content (AvgIpc) is 3.07. The van der Waals surface area contributed by atoms with Crippen LogP contribution in [0.15, 0.2) is 47.8 Å². The maximum Gasteiger partial charge on any atom is 0.234 e. The molecule has 0 atom stereocenters. The summed E-state index contributed by atoms with van der Waals surface area (Å²) >= 11 is 7.26. The van der Waals surface area contributed by atoms with E-state index < -0.39 is 0 Å². The molecule has 0 aliphatic carbocycles. The molecule has 2 heterocycles. The predicted octanol–water partition coefficient (Wildman–Crippen LogP) is 4.30. The van der Waals surface area contributed by atoms with Gasteiger partial charge in [-0.05, 0) is 42.3 Å². The fourth-order valence-electron chi connectivity index (χ4n) is 2.45. The van der Waals surface area contributed by atoms with Gasteiger partial charge in [-0.3, -0.25) is 4.79 Å². The fourth-order valence-corrected chi connectivity index (χ4v) is 3.33. The number of benzene rings is 1. The largest absolute Gasteiger partial charge is 0.493 e. The van der Waals surface area contributed by atoms with Crippen molar-refractivity contribution in [2.45, 2.75) is 19.0 Å². The third-order valence-electron chi connectivity index (χ3n) is 3.90. The van der Waals surface area contributed by atoms with E-state index in [0.29, 0.717) is 23.4 Å². The van der Waals surface area contributed by atoms with E-state index in [0.717, 1.165) is 17.1 Å². The summed E-state index contributed by atoms with van der Waals surface area (Å²) in [5, 5.41) is 12.1. The molecular formula is C20H22ClN5O2S. The lowest BCUT2D eigenvalue weighted by Gasteiger charge is -2.09. The lowest BCUT2D eigenvalue weighted by Crippen LogP contribution is -2.15. The number of halogens is 1. The van der Waals surface area contributed by atoms with Crippen molar-refractivity contribution in [2.75, 3.05) is 17.7 Å². The minimum Gasteiger partial charge on any atom is -0.493 e. The first kappa shape index (κ1) is 21.1. The maximum absolute atomic E-state index is 12.2. The molecule has 29 heavy (non-hydrogen) atoms. The van der Waals surface area contributed by atoms with Gasteiger partial charge in [-0.2, -0.15) is 0 Å². The summed E-state index contributed by atoms with van der Waals surface area (Å²) in [6, 6.07) is 11.2. The molecule has 0 saturated heterocycles. The Morgan fingerprint density at radius 2 is 2.00 bits per heavy atom. The van der Waals surface area contributed by atoms with E-state index in [2.05, 4.69) is 34.3 Å². The molecule has 152 valence electrons. The average molecular weight is 432 g/mol. The van der Waals surface area contributed by atoms with Crippen LogP contribution < -0.4 is 10.1 Å². The summed E-state index contributed by atoms with van der Waals surface area (Å²) in [6.07, 6.45) is 1.57. The number of hydrogen-bond donors (Lipinski definition) is 1. The number of pyridine rings is 1. The summed E-state index contributed by atoms with van der Waals surface area (Å²) in [4.78, 5) is 16.1. The highest BCUT2D eigenvalue weighted by molar-refractivity contribution is 7.99. The molecule has 1 N–H and O–H groups in total. The van der Waals surface area contributed by atoms with Gasteiger partial charge in [-0.1, -0.05) is 37.2 Å². The van der Waals surface area contributed by atoms with E-state index in [-0.39, 0.29) is 16.8 Å². The van der Waals surface area contributed by atoms with Crippen molar-refractivity contribution in [1.82, 2.24) is 19.7 Å². The quantitative estimate of drug-likeness (QED) is 0.423. The Labute approximate surface area is 178 Å². The van der Waals surface area contributed by atoms with Crippen molar-refractivity contribution in [2.24, 2.45) is 13.0 Å². The van der Waals surface area contributed by atoms with Crippen LogP contribution >= 0.6 is 23.4 Å². The van der Waals surface area contributed by atoms with Gasteiger partial charge in [0.25, 0.3) is 0 Å². The monoisotopic (exact) mass is 431 g/mol. The normalized spacial score (nSPS) is 10.9. The second kappa shape index (κ2) is 9.76. The Balaban J connectivity index is 1.60. The molecule has 1 aromatic carbocycles. The highest BCUT2D eigenvalue weighted by Crippen LogP contribution is 2.25. The van der Waals surface area contributed by atoms with Crippen molar-refractivity contribution in [3.63, 3.8) is 0 Å². The van der Waals surface area contributed by atoms with Crippen molar-refractivity contribution in [3.8, 4) is 17.1 Å². The first-order chi connectivity index (χ1) is 13.9. The first-order valence-electron chi connectivity index (χ1n) is 9.10. The SMILES string of the molecule is CC(C)COc1ccc(-c2nnc(SCC(=O)Nc3cccnc3Cl)n2C)cc1. The highest BCUT2D eigenvalue weighted by atomic mass is 35.5. The molecule has 0 fully saturated rings. The number of amides is 1. The molecule has 2 aromatic heterocycles. The number of rotatable bonds is 8. The topological polar surface area (TPSA) is 81.9 Å². The van der Waals surface area contributed by atoms with Gasteiger partial charge in [0.05, 0.1) is 18.0 Å². The van der Waals surface area contributed by atoms with Crippen LogP contribution in [0.25, 0.3) is 11.4 Å². The van der Waals surface area contributed by atoms with Crippen molar-refractivity contribution < 1.29 is 9.53 Å². The second-order valence-electron chi connectivity index (χ2n) is 6.77. The van der Waals surface area contributed by atoms with Crippen LogP contribution in [-0.2, 0) is 11.8 Å². The lowest BCUT2D eigenvalue weighted by molar-refractivity contribution is -0.113. The Kier molecular flexibility index (Phi) is 7.11. The zero-order chi connectivity index (χ0) is 20.8. The number of nitrogens with one attached hydrogen (secondary N) is 1. The molecular weight excluding hydrogens is 410 g/mol. The summed E-state index contributed by atoms with van der Waals surface area (Å²) in [5.74, 6) is 2.00. The predicted molar refractivity (Wildman–Crippen MR) is 115 cm³/mol. The summed E-state index contributed by atoms with van der Waals surface area (Å²) < 4.78 is 7.57. The number of thioether (sulfide) groups is 1. The van der Waals surface area contributed by atoms with Gasteiger partial charge in [0.15, 0.2) is 16.1 Å². The number of ether oxygens (including phenoxy) is 1. The van der Waals surface area contributed by atoms with Crippen LogP contribution in [0, 0.1) is 5.92 Å². The number of aromatic nitrogens is 4. The van der Waals surface area contributed by atoms with E-state index in [9.17, 15) is 4.79 Å². The van der Waals surface area contributed by atoms with E-state index in [1.165, 1.54) is 11.8 Å². The molecule has 3 rings (SSSR count). The molecule has 0 unspecified atom stereocenters. The van der Waals surface area contributed by atoms with Crippen LogP contribution in [0.3, 0.4) is 0 Å². The molecule has 3 aromatic rings. The van der Waals surface area contributed by atoms with Gasteiger partial charge in [0, 0.05) is 18.8 Å². The van der Waals surface area contributed by atoms with Gasteiger partial charge < -0.3 is 14.6 Å². The summed E-state index contributed by atoms with van der Waals surface area (Å²) in [6.45, 7) is 4.90. The molecule has 0 spiro atoms. The molecule has 0 aliphatic rings. The van der Waals surface area contributed by atoms with E-state index in [1.54, 1.807) is 18.3 Å². The maximum atomic E-state index is 12.2. The van der Waals surface area contributed by atoms with Crippen LogP contribution in [0.1, 0.15) is 13.8 Å². The molecule has 0 saturated carbocycles. The Morgan fingerprint density at radius 3 is 2.69 bits per heavy atom. The number of hydrogen-bond acceptors (Lipinski definition) is 6. The molecule has 9 heteroatoms. The smallest absolute Gasteiger partial charge is 0.234 e. The van der Waals surface area contributed by atoms with Gasteiger partial charge in [-0.15, -0.1) is 10.2 Å². The number of anilines is 1. The van der Waals surface area contributed by atoms with Crippen molar-refractivity contribution in [1.29, 1.82) is 0 Å². The third kappa shape index (κ3) is 5.71. The van der Waals surface area contributed by atoms with Crippen molar-refractivity contribution >= 4 is 35.0 Å². The molecule has 0 aliphatic heterocycles. The van der Waals surface area contributed by atoms with E-state index in [4.69, 9.17) is 16.3 Å². The Hall–Kier alpha value is -2.58. The highest BCUT2D eigenvalue weighted by Gasteiger charge is 2.14. The molecule has 0 bridgehead atoms. The molecule has 0 radical (unpaired) electrons. The third-order valence-corrected chi connectivity index (χ3v) is 5.22. The van der Waals surface area contributed by atoms with E-state index in [1.807, 2.05) is 35.9 Å². The van der Waals surface area contributed by atoms with Crippen LogP contribution in [-0.4, -0.2) is 38.0 Å². The number of carbonyl (C=O) groups excluding carboxylic acids is 1. The van der Waals surface area contributed by atoms with Crippen molar-refractivity contribution in [3.05, 3.63) is 47.7 Å². The van der Waals surface area contributed by atoms with Gasteiger partial charge >= 0.3 is 0 Å². The van der Waals surface area contributed by atoms with Gasteiger partial charge in [-0.25, -0.2) is 4.98 Å². The Morgan fingerprint density at radius 1 is 1.24 bits per heavy atom. The summed E-state index contributed by atoms with van der Waals surface area (Å²) in [7, 11) is 1.87. The minimum atomic E-state index is -0.193. The minimum absolute atomic E-state index is 0.180. The zero-order valence-electron chi connectivity index (χ0n) is 16.4. The number of carbonyl (C=O) groups is 1. The lowest BCUT2D eigenvalue weighted by atomic mass is 10.2. The molecule has 7 nitrogen and oxygen atoms in total. The van der Waals surface area contributed by atoms with E-state index >= 15 is 0 Å². The van der Waals surface area contributed by atoms with Gasteiger partial charge in [0.1, 0.15) is 5.75 Å².